The van der Waals surface area contributed by atoms with Crippen LogP contribution in [0.15, 0.2) is 30.2 Å². The molecule has 1 aliphatic rings. The molecular formula is C13H16N2O. The van der Waals surface area contributed by atoms with E-state index in [0.29, 0.717) is 5.69 Å². The largest absolute Gasteiger partial charge is 0.287 e. The van der Waals surface area contributed by atoms with E-state index in [4.69, 9.17) is 0 Å². The molecular weight excluding hydrogens is 200 g/mol. The molecule has 0 fully saturated rings. The number of nitrogens with zero attached hydrogens (tertiary/aromatic N) is 2. The van der Waals surface area contributed by atoms with Crippen molar-refractivity contribution in [1.29, 1.82) is 0 Å². The van der Waals surface area contributed by atoms with Crippen molar-refractivity contribution < 1.29 is 4.79 Å². The van der Waals surface area contributed by atoms with Crippen molar-refractivity contribution in [2.45, 2.75) is 38.5 Å². The molecule has 0 spiro atoms. The van der Waals surface area contributed by atoms with E-state index in [9.17, 15) is 4.79 Å². The third-order valence-electron chi connectivity index (χ3n) is 2.88. The molecule has 0 radical (unpaired) electrons. The summed E-state index contributed by atoms with van der Waals surface area (Å²) < 4.78 is 0. The molecule has 2 rings (SSSR count). The number of hydrogen-bond donors (Lipinski definition) is 0. The zero-order chi connectivity index (χ0) is 11.2. The molecule has 0 aromatic carbocycles. The first-order valence-electron chi connectivity index (χ1n) is 5.87. The highest BCUT2D eigenvalue weighted by molar-refractivity contribution is 6.07. The third kappa shape index (κ3) is 2.75. The summed E-state index contributed by atoms with van der Waals surface area (Å²) in [5.74, 6) is 0.0509. The Labute approximate surface area is 95.6 Å². The van der Waals surface area contributed by atoms with E-state index in [2.05, 4.69) is 16.0 Å². The average Bonchev–Trinajstić information content (AvgIpc) is 2.29. The summed E-state index contributed by atoms with van der Waals surface area (Å²) in [5.41, 5.74) is 1.38. The van der Waals surface area contributed by atoms with Gasteiger partial charge < -0.3 is 0 Å². The van der Waals surface area contributed by atoms with Crippen LogP contribution < -0.4 is 0 Å². The van der Waals surface area contributed by atoms with Crippen LogP contribution in [0.4, 0.5) is 0 Å². The summed E-state index contributed by atoms with van der Waals surface area (Å²) in [4.78, 5) is 20.1. The molecule has 1 heterocycles. The normalized spacial score (nSPS) is 20.4. The van der Waals surface area contributed by atoms with E-state index in [-0.39, 0.29) is 5.78 Å². The lowest BCUT2D eigenvalue weighted by Crippen LogP contribution is -2.07. The minimum absolute atomic E-state index is 0.0509. The molecule has 0 amide bonds. The lowest BCUT2D eigenvalue weighted by atomic mass is 9.96. The van der Waals surface area contributed by atoms with Crippen LogP contribution in [-0.4, -0.2) is 15.8 Å². The van der Waals surface area contributed by atoms with Crippen molar-refractivity contribution in [2.24, 2.45) is 0 Å². The monoisotopic (exact) mass is 216 g/mol. The Morgan fingerprint density at radius 1 is 1.12 bits per heavy atom. The van der Waals surface area contributed by atoms with Gasteiger partial charge in [-0.15, -0.1) is 0 Å². The van der Waals surface area contributed by atoms with Crippen molar-refractivity contribution in [3.63, 3.8) is 0 Å². The topological polar surface area (TPSA) is 42.9 Å². The van der Waals surface area contributed by atoms with Crippen molar-refractivity contribution in [2.75, 3.05) is 0 Å². The molecule has 0 unspecified atom stereocenters. The molecule has 1 aliphatic carbocycles. The van der Waals surface area contributed by atoms with E-state index in [1.54, 1.807) is 18.6 Å². The summed E-state index contributed by atoms with van der Waals surface area (Å²) in [6, 6.07) is 0. The fourth-order valence-corrected chi connectivity index (χ4v) is 1.98. The van der Waals surface area contributed by atoms with Gasteiger partial charge in [0, 0.05) is 12.4 Å². The molecule has 0 saturated heterocycles. The number of aromatic nitrogens is 2. The van der Waals surface area contributed by atoms with Gasteiger partial charge >= 0.3 is 0 Å². The van der Waals surface area contributed by atoms with Gasteiger partial charge in [0.25, 0.3) is 0 Å². The van der Waals surface area contributed by atoms with Crippen LogP contribution in [0.3, 0.4) is 0 Å². The van der Waals surface area contributed by atoms with Gasteiger partial charge in [-0.2, -0.15) is 0 Å². The molecule has 0 N–H and O–H groups in total. The molecule has 3 nitrogen and oxygen atoms in total. The molecule has 0 saturated carbocycles. The second-order valence-electron chi connectivity index (χ2n) is 4.10. The van der Waals surface area contributed by atoms with Crippen LogP contribution in [0.25, 0.3) is 0 Å². The van der Waals surface area contributed by atoms with Crippen LogP contribution in [0.1, 0.15) is 49.0 Å². The maximum absolute atomic E-state index is 12.1. The van der Waals surface area contributed by atoms with E-state index in [1.807, 2.05) is 0 Å². The average molecular weight is 216 g/mol. The Balaban J connectivity index is 2.14. The Kier molecular flexibility index (Phi) is 3.81. The van der Waals surface area contributed by atoms with Crippen molar-refractivity contribution in [1.82, 2.24) is 9.97 Å². The van der Waals surface area contributed by atoms with Crippen LogP contribution in [-0.2, 0) is 0 Å². The minimum atomic E-state index is 0.0509. The van der Waals surface area contributed by atoms with Gasteiger partial charge in [-0.05, 0) is 31.3 Å². The van der Waals surface area contributed by atoms with Gasteiger partial charge in [0.05, 0.1) is 6.20 Å². The molecule has 3 heteroatoms. The van der Waals surface area contributed by atoms with E-state index in [0.717, 1.165) is 24.8 Å². The number of carbonyl (C=O) groups excluding carboxylic acids is 1. The first-order chi connectivity index (χ1) is 7.88. The van der Waals surface area contributed by atoms with Crippen LogP contribution in [0, 0.1) is 0 Å². The molecule has 1 aromatic rings. The van der Waals surface area contributed by atoms with E-state index < -0.39 is 0 Å². The predicted molar refractivity (Wildman–Crippen MR) is 62.1 cm³/mol. The molecule has 1 aromatic heterocycles. The zero-order valence-electron chi connectivity index (χ0n) is 9.35. The lowest BCUT2D eigenvalue weighted by molar-refractivity contribution is 0.102. The van der Waals surface area contributed by atoms with Crippen molar-refractivity contribution in [3.05, 3.63) is 35.9 Å². The van der Waals surface area contributed by atoms with Gasteiger partial charge in [0.15, 0.2) is 0 Å². The molecule has 84 valence electrons. The SMILES string of the molecule is O=C(/C1=C/CCCCCC1)c1cnccn1. The van der Waals surface area contributed by atoms with Gasteiger partial charge in [-0.1, -0.05) is 18.9 Å². The number of carbonyl (C=O) groups is 1. The van der Waals surface area contributed by atoms with Crippen LogP contribution >= 0.6 is 0 Å². The summed E-state index contributed by atoms with van der Waals surface area (Å²) in [7, 11) is 0. The van der Waals surface area contributed by atoms with Crippen LogP contribution in [0.5, 0.6) is 0 Å². The molecule has 0 aliphatic heterocycles. The number of ketones is 1. The summed E-state index contributed by atoms with van der Waals surface area (Å²) in [5, 5.41) is 0. The smallest absolute Gasteiger partial charge is 0.208 e. The molecule has 16 heavy (non-hydrogen) atoms. The fourth-order valence-electron chi connectivity index (χ4n) is 1.98. The van der Waals surface area contributed by atoms with Gasteiger partial charge in [-0.3, -0.25) is 9.78 Å². The predicted octanol–water partition coefficient (Wildman–Crippen LogP) is 2.94. The third-order valence-corrected chi connectivity index (χ3v) is 2.88. The molecule has 0 atom stereocenters. The van der Waals surface area contributed by atoms with Crippen molar-refractivity contribution in [3.8, 4) is 0 Å². The first kappa shape index (κ1) is 11.0. The summed E-state index contributed by atoms with van der Waals surface area (Å²) in [6.45, 7) is 0. The summed E-state index contributed by atoms with van der Waals surface area (Å²) >= 11 is 0. The Bertz CT molecular complexity index is 384. The second-order valence-corrected chi connectivity index (χ2v) is 4.10. The fraction of sp³-hybridized carbons (Fsp3) is 0.462. The number of rotatable bonds is 2. The summed E-state index contributed by atoms with van der Waals surface area (Å²) in [6.07, 6.45) is 13.5. The van der Waals surface area contributed by atoms with Gasteiger partial charge in [-0.25, -0.2) is 4.98 Å². The quantitative estimate of drug-likeness (QED) is 0.714. The van der Waals surface area contributed by atoms with E-state index >= 15 is 0 Å². The van der Waals surface area contributed by atoms with Gasteiger partial charge in [0.1, 0.15) is 5.69 Å². The number of hydrogen-bond acceptors (Lipinski definition) is 3. The maximum Gasteiger partial charge on any atom is 0.208 e. The Hall–Kier alpha value is -1.51. The molecule has 0 bridgehead atoms. The second kappa shape index (κ2) is 5.54. The Morgan fingerprint density at radius 2 is 2.00 bits per heavy atom. The Morgan fingerprint density at radius 3 is 2.81 bits per heavy atom. The van der Waals surface area contributed by atoms with Crippen LogP contribution in [0.2, 0.25) is 0 Å². The lowest BCUT2D eigenvalue weighted by Gasteiger charge is -2.09. The van der Waals surface area contributed by atoms with Gasteiger partial charge in [0.2, 0.25) is 5.78 Å². The standard InChI is InChI=1S/C13H16N2O/c16-13(12-10-14-8-9-15-12)11-6-4-2-1-3-5-7-11/h6,8-10H,1-5,7H2/b11-6+. The minimum Gasteiger partial charge on any atom is -0.287 e. The maximum atomic E-state index is 12.1. The number of Topliss-reactive ketones (excluding diaryl/α,β-unsaturated/α-hetero) is 1. The highest BCUT2D eigenvalue weighted by atomic mass is 16.1. The first-order valence-corrected chi connectivity index (χ1v) is 5.87. The van der Waals surface area contributed by atoms with E-state index in [1.165, 1.54) is 19.3 Å². The zero-order valence-corrected chi connectivity index (χ0v) is 9.35. The van der Waals surface area contributed by atoms with Crippen molar-refractivity contribution >= 4 is 5.78 Å². The number of allylic oxidation sites excluding steroid dienone is 2. The highest BCUT2D eigenvalue weighted by Crippen LogP contribution is 2.19. The highest BCUT2D eigenvalue weighted by Gasteiger charge is 2.14.